The van der Waals surface area contributed by atoms with Gasteiger partial charge in [-0.25, -0.2) is 4.79 Å². The van der Waals surface area contributed by atoms with E-state index in [2.05, 4.69) is 0 Å². The summed E-state index contributed by atoms with van der Waals surface area (Å²) in [6.07, 6.45) is -7.84. The maximum atomic E-state index is 10.1. The van der Waals surface area contributed by atoms with Crippen LogP contribution in [0.2, 0.25) is 0 Å². The van der Waals surface area contributed by atoms with Crippen LogP contribution in [0.25, 0.3) is 0 Å². The van der Waals surface area contributed by atoms with E-state index in [-0.39, 0.29) is 29.6 Å². The SMILES string of the molecule is O=C(O)C(O)C(O)C(O)C(O)CO.[NaH]. The quantitative estimate of drug-likeness (QED) is 0.258. The minimum absolute atomic E-state index is 0. The van der Waals surface area contributed by atoms with Crippen LogP contribution in [0, 0.1) is 0 Å². The summed E-state index contributed by atoms with van der Waals surface area (Å²) in [4.78, 5) is 10.1. The summed E-state index contributed by atoms with van der Waals surface area (Å²) < 4.78 is 0. The summed E-state index contributed by atoms with van der Waals surface area (Å²) in [5.74, 6) is -1.73. The van der Waals surface area contributed by atoms with E-state index in [1.165, 1.54) is 0 Å². The summed E-state index contributed by atoms with van der Waals surface area (Å²) in [5, 5.41) is 51.8. The first kappa shape index (κ1) is 16.7. The Labute approximate surface area is 102 Å². The van der Waals surface area contributed by atoms with Crippen molar-refractivity contribution in [1.29, 1.82) is 0 Å². The van der Waals surface area contributed by atoms with Crippen molar-refractivity contribution in [2.45, 2.75) is 24.4 Å². The van der Waals surface area contributed by atoms with Gasteiger partial charge in [-0.2, -0.15) is 0 Å². The molecule has 0 heterocycles. The van der Waals surface area contributed by atoms with E-state index in [0.29, 0.717) is 0 Å². The molecule has 0 amide bonds. The first-order valence-corrected chi connectivity index (χ1v) is 3.47. The molecule has 0 rings (SSSR count). The summed E-state index contributed by atoms with van der Waals surface area (Å²) >= 11 is 0. The number of hydrogen-bond acceptors (Lipinski definition) is 6. The number of aliphatic hydroxyl groups excluding tert-OH is 5. The molecule has 0 spiro atoms. The van der Waals surface area contributed by atoms with Gasteiger partial charge in [0, 0.05) is 0 Å². The molecule has 0 aromatic rings. The Kier molecular flexibility index (Phi) is 9.00. The predicted octanol–water partition coefficient (Wildman–Crippen LogP) is -4.14. The molecule has 8 heteroatoms. The fraction of sp³-hybridized carbons (Fsp3) is 0.833. The maximum absolute atomic E-state index is 10.1. The molecular formula is C6H13NaO7. The van der Waals surface area contributed by atoms with Gasteiger partial charge < -0.3 is 30.6 Å². The molecule has 80 valence electrons. The van der Waals surface area contributed by atoms with Gasteiger partial charge >= 0.3 is 35.5 Å². The van der Waals surface area contributed by atoms with Crippen molar-refractivity contribution in [3.63, 3.8) is 0 Å². The van der Waals surface area contributed by atoms with Crippen LogP contribution in [0.3, 0.4) is 0 Å². The molecular weight excluding hydrogens is 207 g/mol. The van der Waals surface area contributed by atoms with E-state index in [9.17, 15) is 4.79 Å². The molecule has 6 N–H and O–H groups in total. The van der Waals surface area contributed by atoms with Crippen LogP contribution in [0.15, 0.2) is 0 Å². The van der Waals surface area contributed by atoms with Crippen LogP contribution < -0.4 is 0 Å². The van der Waals surface area contributed by atoms with Crippen molar-refractivity contribution < 1.29 is 35.4 Å². The van der Waals surface area contributed by atoms with Gasteiger partial charge in [0.1, 0.15) is 18.3 Å². The van der Waals surface area contributed by atoms with Gasteiger partial charge in [-0.05, 0) is 0 Å². The van der Waals surface area contributed by atoms with E-state index in [1.54, 1.807) is 0 Å². The van der Waals surface area contributed by atoms with E-state index < -0.39 is 37.0 Å². The van der Waals surface area contributed by atoms with Gasteiger partial charge in [0.15, 0.2) is 6.10 Å². The number of rotatable bonds is 5. The number of carboxylic acids is 1. The molecule has 14 heavy (non-hydrogen) atoms. The zero-order valence-corrected chi connectivity index (χ0v) is 6.61. The van der Waals surface area contributed by atoms with Crippen LogP contribution in [-0.2, 0) is 4.79 Å². The van der Waals surface area contributed by atoms with E-state index in [1.807, 2.05) is 0 Å². The summed E-state index contributed by atoms with van der Waals surface area (Å²) in [5.41, 5.74) is 0. The number of aliphatic carboxylic acids is 1. The molecule has 7 nitrogen and oxygen atoms in total. The number of carboxylic acid groups (broad SMARTS) is 1. The number of carbonyl (C=O) groups is 1. The summed E-state index contributed by atoms with van der Waals surface area (Å²) in [6.45, 7) is -0.843. The Balaban J connectivity index is 0. The Morgan fingerprint density at radius 3 is 1.79 bits per heavy atom. The third-order valence-corrected chi connectivity index (χ3v) is 1.51. The second-order valence-corrected chi connectivity index (χ2v) is 2.51. The molecule has 0 aromatic heterocycles. The van der Waals surface area contributed by atoms with Gasteiger partial charge in [-0.3, -0.25) is 0 Å². The van der Waals surface area contributed by atoms with Crippen molar-refractivity contribution in [2.24, 2.45) is 0 Å². The van der Waals surface area contributed by atoms with Gasteiger partial charge in [0.25, 0.3) is 0 Å². The first-order chi connectivity index (χ1) is 5.91. The second-order valence-electron chi connectivity index (χ2n) is 2.51. The van der Waals surface area contributed by atoms with Crippen LogP contribution in [-0.4, -0.2) is 97.2 Å². The standard InChI is InChI=1S/C6H12O7.Na.H/c7-1-2(8)3(9)4(10)5(11)6(12)13;;/h2-5,7-11H,1H2,(H,12,13);;. The third-order valence-electron chi connectivity index (χ3n) is 1.51. The number of hydrogen-bond donors (Lipinski definition) is 6. The second kappa shape index (κ2) is 7.55. The van der Waals surface area contributed by atoms with E-state index >= 15 is 0 Å². The fourth-order valence-corrected chi connectivity index (χ4v) is 0.668. The summed E-state index contributed by atoms with van der Waals surface area (Å²) in [7, 11) is 0. The average molecular weight is 220 g/mol. The first-order valence-electron chi connectivity index (χ1n) is 3.47. The zero-order chi connectivity index (χ0) is 10.6. The molecule has 4 unspecified atom stereocenters. The molecule has 0 saturated carbocycles. The molecule has 0 radical (unpaired) electrons. The average Bonchev–Trinajstić information content (AvgIpc) is 2.12. The molecule has 0 aliphatic heterocycles. The van der Waals surface area contributed by atoms with Gasteiger partial charge in [-0.15, -0.1) is 0 Å². The third kappa shape index (κ3) is 4.67. The normalized spacial score (nSPS) is 18.9. The van der Waals surface area contributed by atoms with Crippen molar-refractivity contribution >= 4 is 35.5 Å². The van der Waals surface area contributed by atoms with Gasteiger partial charge in [-0.1, -0.05) is 0 Å². The topological polar surface area (TPSA) is 138 Å². The van der Waals surface area contributed by atoms with Gasteiger partial charge in [0.05, 0.1) is 6.61 Å². The summed E-state index contributed by atoms with van der Waals surface area (Å²) in [6, 6.07) is 0. The van der Waals surface area contributed by atoms with Crippen LogP contribution >= 0.6 is 0 Å². The Hall–Kier alpha value is 0.270. The monoisotopic (exact) mass is 220 g/mol. The molecule has 0 fully saturated rings. The van der Waals surface area contributed by atoms with Crippen LogP contribution in [0.1, 0.15) is 0 Å². The molecule has 0 aliphatic carbocycles. The molecule has 0 aliphatic rings. The van der Waals surface area contributed by atoms with E-state index in [0.717, 1.165) is 0 Å². The predicted molar refractivity (Wildman–Crippen MR) is 45.9 cm³/mol. The molecule has 0 saturated heterocycles. The molecule has 0 aromatic carbocycles. The Morgan fingerprint density at radius 1 is 1.07 bits per heavy atom. The fourth-order valence-electron chi connectivity index (χ4n) is 0.668. The Bertz CT molecular complexity index is 176. The van der Waals surface area contributed by atoms with Crippen molar-refractivity contribution in [2.75, 3.05) is 6.61 Å². The zero-order valence-electron chi connectivity index (χ0n) is 6.61. The van der Waals surface area contributed by atoms with Crippen LogP contribution in [0.5, 0.6) is 0 Å². The van der Waals surface area contributed by atoms with E-state index in [4.69, 9.17) is 30.6 Å². The number of aliphatic hydroxyl groups is 5. The van der Waals surface area contributed by atoms with Crippen molar-refractivity contribution in [3.8, 4) is 0 Å². The van der Waals surface area contributed by atoms with Gasteiger partial charge in [0.2, 0.25) is 0 Å². The van der Waals surface area contributed by atoms with Crippen molar-refractivity contribution in [3.05, 3.63) is 0 Å². The molecule has 0 bridgehead atoms. The van der Waals surface area contributed by atoms with Crippen LogP contribution in [0.4, 0.5) is 0 Å². The molecule has 4 atom stereocenters. The minimum atomic E-state index is -2.20. The van der Waals surface area contributed by atoms with Crippen molar-refractivity contribution in [1.82, 2.24) is 0 Å². The Morgan fingerprint density at radius 2 is 1.50 bits per heavy atom.